The summed E-state index contributed by atoms with van der Waals surface area (Å²) in [6.45, 7) is 19.9. The van der Waals surface area contributed by atoms with Gasteiger partial charge < -0.3 is 43.5 Å². The monoisotopic (exact) mass is 1060 g/mol. The number of thiocarbonyl (C=S) groups is 1. The minimum Gasteiger partial charge on any atom is -0.497 e. The Hall–Kier alpha value is -4.65. The zero-order valence-corrected chi connectivity index (χ0v) is 46.9. The Morgan fingerprint density at radius 3 is 1.81 bits per heavy atom. The van der Waals surface area contributed by atoms with Gasteiger partial charge >= 0.3 is 5.69 Å². The number of H-pyrrole nitrogens is 1. The third kappa shape index (κ3) is 18.0. The first-order valence-electron chi connectivity index (χ1n) is 27.2. The zero-order valence-electron chi connectivity index (χ0n) is 45.2. The highest BCUT2D eigenvalue weighted by Gasteiger charge is 2.50. The molecule has 0 amide bonds. The van der Waals surface area contributed by atoms with Crippen LogP contribution in [0.4, 0.5) is 0 Å². The average Bonchev–Trinajstić information content (AvgIpc) is 3.73. The number of unbranched alkanes of at least 4 members (excludes halogenated alkanes) is 12. The van der Waals surface area contributed by atoms with E-state index in [1.807, 2.05) is 78.9 Å². The van der Waals surface area contributed by atoms with Crippen molar-refractivity contribution in [3.8, 4) is 11.5 Å². The van der Waals surface area contributed by atoms with Crippen molar-refractivity contribution in [2.24, 2.45) is 5.92 Å². The Balaban J connectivity index is 1.41. The molecule has 3 N–H and O–H groups in total. The van der Waals surface area contributed by atoms with Crippen LogP contribution in [0.1, 0.15) is 154 Å². The summed E-state index contributed by atoms with van der Waals surface area (Å²) in [4.78, 5) is 32.3. The number of aromatic amines is 1. The van der Waals surface area contributed by atoms with Gasteiger partial charge in [-0.15, -0.1) is 0 Å². The molecule has 1 aliphatic heterocycles. The molecule has 1 aromatic heterocycles. The second-order valence-electron chi connectivity index (χ2n) is 19.7. The van der Waals surface area contributed by atoms with Gasteiger partial charge in [0.1, 0.15) is 42.1 Å². The van der Waals surface area contributed by atoms with E-state index < -0.39 is 49.7 Å². The largest absolute Gasteiger partial charge is 0.497 e. The van der Waals surface area contributed by atoms with Gasteiger partial charge in [-0.3, -0.25) is 14.3 Å². The molecule has 74 heavy (non-hydrogen) atoms. The van der Waals surface area contributed by atoms with Gasteiger partial charge in [0.15, 0.2) is 5.11 Å². The molecule has 0 aliphatic carbocycles. The fourth-order valence-corrected chi connectivity index (χ4v) is 11.9. The number of benzene rings is 3. The zero-order chi connectivity index (χ0) is 53.1. The van der Waals surface area contributed by atoms with E-state index in [0.29, 0.717) is 36.0 Å². The SMILES string of the molecule is [C-]#[N+]CCOP(O[C@@H]1C(CCCNC(=S)NCCCCCCCCCCCCCCC)[C@H](n2ccc(=O)[nH]c2=O)O[C@@H]1COC(c1ccccc1)(c1ccc(OC)cc1)c1ccc(OC)cc1)N(C(C)C)C(C)C. The van der Waals surface area contributed by atoms with Crippen LogP contribution in [0.2, 0.25) is 0 Å². The fraction of sp³-hybridized carbons (Fsp3) is 0.586. The maximum Gasteiger partial charge on any atom is 0.330 e. The second-order valence-corrected chi connectivity index (χ2v) is 21.5. The molecule has 4 aromatic rings. The van der Waals surface area contributed by atoms with Crippen LogP contribution in [0.25, 0.3) is 4.85 Å². The molecule has 1 fully saturated rings. The Bertz CT molecular complexity index is 2310. The Morgan fingerprint density at radius 1 is 0.770 bits per heavy atom. The van der Waals surface area contributed by atoms with Crippen LogP contribution in [-0.4, -0.2) is 90.7 Å². The van der Waals surface area contributed by atoms with Gasteiger partial charge in [-0.2, -0.15) is 0 Å². The molecule has 5 rings (SSSR count). The first kappa shape index (κ1) is 60.2. The van der Waals surface area contributed by atoms with E-state index in [-0.39, 0.29) is 31.8 Å². The van der Waals surface area contributed by atoms with Crippen molar-refractivity contribution in [3.05, 3.63) is 140 Å². The van der Waals surface area contributed by atoms with Crippen LogP contribution in [0.3, 0.4) is 0 Å². The van der Waals surface area contributed by atoms with Gasteiger partial charge in [0.25, 0.3) is 14.1 Å². The van der Waals surface area contributed by atoms with Crippen LogP contribution in [-0.2, 0) is 24.1 Å². The normalized spacial score (nSPS) is 17.1. The lowest BCUT2D eigenvalue weighted by Crippen LogP contribution is -2.41. The Morgan fingerprint density at radius 2 is 1.30 bits per heavy atom. The number of aromatic nitrogens is 2. The molecule has 0 bridgehead atoms. The molecule has 3 aromatic carbocycles. The molecular weight excluding hydrogens is 972 g/mol. The number of hydrogen-bond acceptors (Lipinski definition) is 10. The van der Waals surface area contributed by atoms with Gasteiger partial charge in [0.05, 0.1) is 20.8 Å². The van der Waals surface area contributed by atoms with Crippen molar-refractivity contribution in [1.29, 1.82) is 0 Å². The van der Waals surface area contributed by atoms with E-state index >= 15 is 0 Å². The lowest BCUT2D eigenvalue weighted by atomic mass is 9.80. The van der Waals surface area contributed by atoms with Gasteiger partial charge in [0, 0.05) is 43.4 Å². The number of hydrogen-bond donors (Lipinski definition) is 3. The molecule has 5 atom stereocenters. The van der Waals surface area contributed by atoms with Crippen molar-refractivity contribution in [2.75, 3.05) is 47.1 Å². The van der Waals surface area contributed by atoms with Crippen molar-refractivity contribution in [1.82, 2.24) is 24.9 Å². The quantitative estimate of drug-likeness (QED) is 0.0133. The average molecular weight is 1060 g/mol. The summed E-state index contributed by atoms with van der Waals surface area (Å²) in [6, 6.07) is 27.1. The number of rotatable bonds is 35. The smallest absolute Gasteiger partial charge is 0.330 e. The maximum absolute atomic E-state index is 13.8. The van der Waals surface area contributed by atoms with Crippen molar-refractivity contribution < 1.29 is 28.0 Å². The molecule has 1 aliphatic rings. The molecule has 2 heterocycles. The maximum atomic E-state index is 13.8. The summed E-state index contributed by atoms with van der Waals surface area (Å²) in [5, 5.41) is 7.42. The van der Waals surface area contributed by atoms with E-state index in [4.69, 9.17) is 46.8 Å². The van der Waals surface area contributed by atoms with Gasteiger partial charge in [-0.05, 0) is 100 Å². The van der Waals surface area contributed by atoms with E-state index in [9.17, 15) is 9.59 Å². The summed E-state index contributed by atoms with van der Waals surface area (Å²) in [6.07, 6.45) is 17.3. The van der Waals surface area contributed by atoms with Crippen molar-refractivity contribution in [2.45, 2.75) is 167 Å². The fourth-order valence-electron chi connectivity index (χ4n) is 9.90. The Labute approximate surface area is 448 Å². The van der Waals surface area contributed by atoms with Crippen molar-refractivity contribution >= 4 is 25.9 Å². The number of nitrogens with zero attached hydrogens (tertiary/aromatic N) is 3. The second kappa shape index (κ2) is 32.7. The minimum absolute atomic E-state index is 0.00273. The molecule has 406 valence electrons. The van der Waals surface area contributed by atoms with Crippen molar-refractivity contribution in [3.63, 3.8) is 0 Å². The minimum atomic E-state index is -1.77. The highest BCUT2D eigenvalue weighted by atomic mass is 32.1. The van der Waals surface area contributed by atoms with Crippen LogP contribution in [0.15, 0.2) is 101 Å². The third-order valence-electron chi connectivity index (χ3n) is 13.7. The first-order valence-corrected chi connectivity index (χ1v) is 28.7. The molecule has 14 nitrogen and oxygen atoms in total. The molecule has 0 saturated carbocycles. The number of nitrogens with one attached hydrogen (secondary N) is 3. The summed E-state index contributed by atoms with van der Waals surface area (Å²) < 4.78 is 43.3. The third-order valence-corrected chi connectivity index (χ3v) is 16.1. The molecule has 0 spiro atoms. The summed E-state index contributed by atoms with van der Waals surface area (Å²) >= 11 is 5.75. The van der Waals surface area contributed by atoms with Crippen LogP contribution in [0, 0.1) is 12.5 Å². The highest BCUT2D eigenvalue weighted by molar-refractivity contribution is 7.80. The summed E-state index contributed by atoms with van der Waals surface area (Å²) in [5.74, 6) is 0.953. The highest BCUT2D eigenvalue weighted by Crippen LogP contribution is 2.53. The summed E-state index contributed by atoms with van der Waals surface area (Å²) in [5.41, 5.74) is 0.266. The van der Waals surface area contributed by atoms with E-state index in [1.54, 1.807) is 14.2 Å². The first-order chi connectivity index (χ1) is 36.0. The molecular formula is C58H85N6O8PS. The topological polar surface area (TPSA) is 142 Å². The standard InChI is InChI=1S/C58H85N6O8PS/c1-9-10-11-12-13-14-15-16-17-18-19-20-24-38-60-56(74)61-39-25-28-51-54(72-73(70-42-40-59-6)64(44(2)3)45(4)5)52(71-55(51)63-41-37-53(65)62-57(63)66)43-69-58(46-26-22-21-23-27-46,47-29-33-49(67-7)34-30-47)48-31-35-50(68-8)36-32-48/h21-23,26-27,29-37,41,44-45,51-52,54-55H,9-20,24-25,28,38-40,42-43H2,1-5,7-8H3,(H2,60,61,74)(H,62,65,66)/t51?,52-,54-,55-,73?/m1/s1. The predicted octanol–water partition coefficient (Wildman–Crippen LogP) is 12.1. The lowest BCUT2D eigenvalue weighted by Gasteiger charge is -2.39. The number of methoxy groups -OCH3 is 2. The number of ether oxygens (including phenoxy) is 4. The van der Waals surface area contributed by atoms with Crippen LogP contribution < -0.4 is 31.4 Å². The Kier molecular flexibility index (Phi) is 26.6. The van der Waals surface area contributed by atoms with Crippen LogP contribution in [0.5, 0.6) is 11.5 Å². The molecule has 0 radical (unpaired) electrons. The lowest BCUT2D eigenvalue weighted by molar-refractivity contribution is -0.0933. The van der Waals surface area contributed by atoms with E-state index in [2.05, 4.69) is 59.8 Å². The van der Waals surface area contributed by atoms with Crippen LogP contribution >= 0.6 is 20.7 Å². The van der Waals surface area contributed by atoms with Gasteiger partial charge in [0.2, 0.25) is 6.54 Å². The van der Waals surface area contributed by atoms with E-state index in [0.717, 1.165) is 29.7 Å². The summed E-state index contributed by atoms with van der Waals surface area (Å²) in [7, 11) is 1.50. The van der Waals surface area contributed by atoms with E-state index in [1.165, 1.54) is 93.9 Å². The molecule has 1 saturated heterocycles. The van der Waals surface area contributed by atoms with Gasteiger partial charge in [-0.25, -0.2) is 16.0 Å². The van der Waals surface area contributed by atoms with Gasteiger partial charge in [-0.1, -0.05) is 139 Å². The molecule has 2 unspecified atom stereocenters. The molecule has 16 heteroatoms. The predicted molar refractivity (Wildman–Crippen MR) is 302 cm³/mol.